The molecule has 1 N–H and O–H groups in total. The van der Waals surface area contributed by atoms with Gasteiger partial charge < -0.3 is 10.2 Å². The summed E-state index contributed by atoms with van der Waals surface area (Å²) in [5, 5.41) is 6.06. The smallest absolute Gasteiger partial charge is 0.0561 e. The van der Waals surface area contributed by atoms with Crippen LogP contribution in [0.25, 0.3) is 0 Å². The molecule has 2 saturated carbocycles. The Morgan fingerprint density at radius 3 is 2.75 bits per heavy atom. The van der Waals surface area contributed by atoms with Crippen LogP contribution in [0.15, 0.2) is 17.5 Å². The highest BCUT2D eigenvalue weighted by molar-refractivity contribution is 7.10. The number of hydrogen-bond acceptors (Lipinski definition) is 3. The topological polar surface area (TPSA) is 15.3 Å². The fourth-order valence-electron chi connectivity index (χ4n) is 3.71. The molecule has 1 heterocycles. The van der Waals surface area contributed by atoms with E-state index in [0.29, 0.717) is 6.04 Å². The summed E-state index contributed by atoms with van der Waals surface area (Å²) in [6.07, 6.45) is 8.75. The number of nitrogens with zero attached hydrogens (tertiary/aromatic N) is 1. The molecule has 0 amide bonds. The molecular weight excluding hydrogens is 264 g/mol. The van der Waals surface area contributed by atoms with Gasteiger partial charge in [0, 0.05) is 17.5 Å². The second-order valence-corrected chi connectivity index (χ2v) is 7.84. The predicted octanol–water partition coefficient (Wildman–Crippen LogP) is 3.91. The molecule has 1 aromatic rings. The molecule has 0 aliphatic heterocycles. The molecule has 2 aliphatic carbocycles. The van der Waals surface area contributed by atoms with Crippen molar-refractivity contribution in [2.75, 3.05) is 20.6 Å². The lowest BCUT2D eigenvalue weighted by Gasteiger charge is -2.32. The molecule has 3 rings (SSSR count). The Labute approximate surface area is 127 Å². The van der Waals surface area contributed by atoms with E-state index in [-0.39, 0.29) is 0 Å². The van der Waals surface area contributed by atoms with Crippen molar-refractivity contribution in [2.45, 2.75) is 50.6 Å². The van der Waals surface area contributed by atoms with Crippen LogP contribution in [-0.2, 0) is 0 Å². The maximum atomic E-state index is 3.87. The Kier molecular flexibility index (Phi) is 4.79. The molecule has 2 nitrogen and oxygen atoms in total. The summed E-state index contributed by atoms with van der Waals surface area (Å²) >= 11 is 1.88. The molecule has 3 unspecified atom stereocenters. The zero-order valence-electron chi connectivity index (χ0n) is 12.8. The molecule has 3 heteroatoms. The van der Waals surface area contributed by atoms with Gasteiger partial charge in [0.15, 0.2) is 0 Å². The van der Waals surface area contributed by atoms with Gasteiger partial charge in [-0.25, -0.2) is 0 Å². The van der Waals surface area contributed by atoms with Gasteiger partial charge in [-0.1, -0.05) is 18.9 Å². The average molecular weight is 292 g/mol. The van der Waals surface area contributed by atoms with Crippen LogP contribution in [0.5, 0.6) is 0 Å². The SMILES string of the molecule is CN(C)C(CNC1CCCC(C2CC2)C1)c1cccs1. The fraction of sp³-hybridized carbons (Fsp3) is 0.765. The Hall–Kier alpha value is -0.380. The van der Waals surface area contributed by atoms with Gasteiger partial charge in [-0.05, 0) is 63.1 Å². The van der Waals surface area contributed by atoms with Gasteiger partial charge in [0.25, 0.3) is 0 Å². The van der Waals surface area contributed by atoms with Crippen LogP contribution in [-0.4, -0.2) is 31.6 Å². The summed E-state index contributed by atoms with van der Waals surface area (Å²) in [4.78, 5) is 3.83. The zero-order valence-corrected chi connectivity index (χ0v) is 13.7. The summed E-state index contributed by atoms with van der Waals surface area (Å²) in [6.45, 7) is 1.09. The molecule has 20 heavy (non-hydrogen) atoms. The zero-order chi connectivity index (χ0) is 13.9. The molecule has 1 aromatic heterocycles. The quantitative estimate of drug-likeness (QED) is 0.855. The number of likely N-dealkylation sites (N-methyl/N-ethyl adjacent to an activating group) is 1. The van der Waals surface area contributed by atoms with Crippen molar-refractivity contribution >= 4 is 11.3 Å². The standard InChI is InChI=1S/C17H28N2S/c1-19(2)16(17-7-4-10-20-17)12-18-15-6-3-5-14(11-15)13-8-9-13/h4,7,10,13-16,18H,3,5-6,8-9,11-12H2,1-2H3. The number of hydrogen-bond donors (Lipinski definition) is 1. The minimum atomic E-state index is 0.524. The normalized spacial score (nSPS) is 28.8. The van der Waals surface area contributed by atoms with Crippen molar-refractivity contribution < 1.29 is 0 Å². The highest BCUT2D eigenvalue weighted by Crippen LogP contribution is 2.43. The van der Waals surface area contributed by atoms with Gasteiger partial charge >= 0.3 is 0 Å². The van der Waals surface area contributed by atoms with Crippen LogP contribution in [0.1, 0.15) is 49.4 Å². The van der Waals surface area contributed by atoms with E-state index in [1.807, 2.05) is 11.3 Å². The Bertz CT molecular complexity index is 397. The number of nitrogens with one attached hydrogen (secondary N) is 1. The van der Waals surface area contributed by atoms with E-state index >= 15 is 0 Å². The second kappa shape index (κ2) is 6.59. The van der Waals surface area contributed by atoms with Gasteiger partial charge in [-0.2, -0.15) is 0 Å². The van der Waals surface area contributed by atoms with Crippen LogP contribution >= 0.6 is 11.3 Å². The van der Waals surface area contributed by atoms with Crippen LogP contribution in [0.3, 0.4) is 0 Å². The van der Waals surface area contributed by atoms with E-state index < -0.39 is 0 Å². The molecule has 0 radical (unpaired) electrons. The van der Waals surface area contributed by atoms with Gasteiger partial charge in [0.1, 0.15) is 0 Å². The van der Waals surface area contributed by atoms with E-state index in [9.17, 15) is 0 Å². The third-order valence-electron chi connectivity index (χ3n) is 5.10. The van der Waals surface area contributed by atoms with Crippen molar-refractivity contribution in [3.8, 4) is 0 Å². The molecule has 0 aromatic carbocycles. The first-order valence-electron chi connectivity index (χ1n) is 8.17. The second-order valence-electron chi connectivity index (χ2n) is 6.86. The maximum Gasteiger partial charge on any atom is 0.0561 e. The Balaban J connectivity index is 1.51. The first-order chi connectivity index (χ1) is 9.74. The molecule has 2 aliphatic rings. The van der Waals surface area contributed by atoms with Gasteiger partial charge in [0.05, 0.1) is 6.04 Å². The largest absolute Gasteiger partial charge is 0.312 e. The van der Waals surface area contributed by atoms with Gasteiger partial charge in [-0.15, -0.1) is 11.3 Å². The lowest BCUT2D eigenvalue weighted by molar-refractivity contribution is 0.232. The maximum absolute atomic E-state index is 3.87. The molecule has 2 fully saturated rings. The summed E-state index contributed by atoms with van der Waals surface area (Å²) in [6, 6.07) is 5.72. The van der Waals surface area contributed by atoms with Crippen molar-refractivity contribution in [3.05, 3.63) is 22.4 Å². The first-order valence-corrected chi connectivity index (χ1v) is 9.05. The van der Waals surface area contributed by atoms with E-state index in [0.717, 1.165) is 24.4 Å². The summed E-state index contributed by atoms with van der Waals surface area (Å²) < 4.78 is 0. The van der Waals surface area contributed by atoms with Gasteiger partial charge in [-0.3, -0.25) is 0 Å². The summed E-state index contributed by atoms with van der Waals surface area (Å²) in [7, 11) is 4.39. The minimum absolute atomic E-state index is 0.524. The third-order valence-corrected chi connectivity index (χ3v) is 6.07. The molecule has 0 saturated heterocycles. The monoisotopic (exact) mass is 292 g/mol. The molecule has 3 atom stereocenters. The number of rotatable bonds is 6. The van der Waals surface area contributed by atoms with Crippen molar-refractivity contribution in [1.29, 1.82) is 0 Å². The van der Waals surface area contributed by atoms with Crippen LogP contribution < -0.4 is 5.32 Å². The van der Waals surface area contributed by atoms with E-state index in [1.165, 1.54) is 43.4 Å². The van der Waals surface area contributed by atoms with E-state index in [1.54, 1.807) is 0 Å². The average Bonchev–Trinajstić information content (AvgIpc) is 3.16. The van der Waals surface area contributed by atoms with Gasteiger partial charge in [0.2, 0.25) is 0 Å². The predicted molar refractivity (Wildman–Crippen MR) is 87.2 cm³/mol. The lowest BCUT2D eigenvalue weighted by atomic mass is 9.82. The van der Waals surface area contributed by atoms with E-state index in [4.69, 9.17) is 0 Å². The molecule has 0 bridgehead atoms. The Morgan fingerprint density at radius 2 is 2.10 bits per heavy atom. The van der Waals surface area contributed by atoms with Crippen LogP contribution in [0.4, 0.5) is 0 Å². The highest BCUT2D eigenvalue weighted by Gasteiger charge is 2.34. The third kappa shape index (κ3) is 3.63. The lowest BCUT2D eigenvalue weighted by Crippen LogP contribution is -2.39. The van der Waals surface area contributed by atoms with Crippen LogP contribution in [0.2, 0.25) is 0 Å². The highest BCUT2D eigenvalue weighted by atomic mass is 32.1. The Morgan fingerprint density at radius 1 is 1.25 bits per heavy atom. The first kappa shape index (κ1) is 14.6. The fourth-order valence-corrected chi connectivity index (χ4v) is 4.63. The van der Waals surface area contributed by atoms with Crippen molar-refractivity contribution in [1.82, 2.24) is 10.2 Å². The summed E-state index contributed by atoms with van der Waals surface area (Å²) in [5.74, 6) is 2.11. The van der Waals surface area contributed by atoms with Crippen molar-refractivity contribution in [2.24, 2.45) is 11.8 Å². The van der Waals surface area contributed by atoms with E-state index in [2.05, 4.69) is 41.8 Å². The minimum Gasteiger partial charge on any atom is -0.312 e. The van der Waals surface area contributed by atoms with Crippen LogP contribution in [0, 0.1) is 11.8 Å². The van der Waals surface area contributed by atoms with Crippen molar-refractivity contribution in [3.63, 3.8) is 0 Å². The molecular formula is C17H28N2S. The summed E-state index contributed by atoms with van der Waals surface area (Å²) in [5.41, 5.74) is 0. The number of thiophene rings is 1. The molecule has 0 spiro atoms. The molecule has 112 valence electrons.